The quantitative estimate of drug-likeness (QED) is 0.819. The van der Waals surface area contributed by atoms with Crippen LogP contribution >= 0.6 is 0 Å². The van der Waals surface area contributed by atoms with Crippen LogP contribution in [0.3, 0.4) is 0 Å². The third-order valence-corrected chi connectivity index (χ3v) is 4.54. The molecule has 98 valence electrons. The molecule has 2 saturated carbocycles. The molecule has 2 rings (SSSR count). The lowest BCUT2D eigenvalue weighted by atomic mass is 9.84. The molecular formula is C14H24O3. The second-order valence-electron chi connectivity index (χ2n) is 5.62. The predicted octanol–water partition coefficient (Wildman–Crippen LogP) is 3.37. The summed E-state index contributed by atoms with van der Waals surface area (Å²) in [6.07, 6.45) is 9.42. The Kier molecular flexibility index (Phi) is 4.08. The summed E-state index contributed by atoms with van der Waals surface area (Å²) in [5.41, 5.74) is -0.852. The molecule has 0 saturated heterocycles. The lowest BCUT2D eigenvalue weighted by Crippen LogP contribution is -2.44. The molecule has 2 unspecified atom stereocenters. The first kappa shape index (κ1) is 12.9. The van der Waals surface area contributed by atoms with Gasteiger partial charge in [-0.1, -0.05) is 26.2 Å². The highest BCUT2D eigenvalue weighted by Crippen LogP contribution is 2.39. The van der Waals surface area contributed by atoms with Gasteiger partial charge in [-0.2, -0.15) is 0 Å². The van der Waals surface area contributed by atoms with Gasteiger partial charge in [0.25, 0.3) is 0 Å². The number of carbonyl (C=O) groups is 1. The molecule has 0 heterocycles. The summed E-state index contributed by atoms with van der Waals surface area (Å²) in [6.45, 7) is 2.19. The molecule has 3 heteroatoms. The van der Waals surface area contributed by atoms with Gasteiger partial charge in [-0.3, -0.25) is 0 Å². The van der Waals surface area contributed by atoms with Crippen molar-refractivity contribution in [1.29, 1.82) is 0 Å². The van der Waals surface area contributed by atoms with Crippen molar-refractivity contribution in [3.8, 4) is 0 Å². The van der Waals surface area contributed by atoms with E-state index in [1.165, 1.54) is 19.3 Å². The number of carboxylic acids is 1. The first-order chi connectivity index (χ1) is 8.18. The van der Waals surface area contributed by atoms with E-state index in [2.05, 4.69) is 6.92 Å². The summed E-state index contributed by atoms with van der Waals surface area (Å²) >= 11 is 0. The summed E-state index contributed by atoms with van der Waals surface area (Å²) in [4.78, 5) is 11.5. The Bertz CT molecular complexity index is 269. The first-order valence-electron chi connectivity index (χ1n) is 7.09. The second-order valence-corrected chi connectivity index (χ2v) is 5.62. The second kappa shape index (κ2) is 5.38. The fourth-order valence-electron chi connectivity index (χ4n) is 3.41. The average molecular weight is 240 g/mol. The molecule has 2 atom stereocenters. The van der Waals surface area contributed by atoms with E-state index < -0.39 is 11.6 Å². The molecular weight excluding hydrogens is 216 g/mol. The molecule has 0 aliphatic heterocycles. The molecule has 0 radical (unpaired) electrons. The number of carboxylic acid groups (broad SMARTS) is 1. The van der Waals surface area contributed by atoms with Crippen LogP contribution in [0.2, 0.25) is 0 Å². The minimum Gasteiger partial charge on any atom is -0.479 e. The van der Waals surface area contributed by atoms with Crippen LogP contribution in [-0.4, -0.2) is 22.8 Å². The standard InChI is InChI=1S/C14H24O3/c1-2-11-7-3-4-8-12(11)17-14(13(15)16)9-5-6-10-14/h11-12H,2-10H2,1H3,(H,15,16). The van der Waals surface area contributed by atoms with Crippen molar-refractivity contribution in [2.24, 2.45) is 5.92 Å². The smallest absolute Gasteiger partial charge is 0.335 e. The summed E-state index contributed by atoms with van der Waals surface area (Å²) in [7, 11) is 0. The van der Waals surface area contributed by atoms with Crippen LogP contribution in [0.25, 0.3) is 0 Å². The molecule has 2 aliphatic rings. The summed E-state index contributed by atoms with van der Waals surface area (Å²) in [5, 5.41) is 9.43. The van der Waals surface area contributed by atoms with E-state index in [0.29, 0.717) is 18.8 Å². The Morgan fingerprint density at radius 3 is 2.47 bits per heavy atom. The van der Waals surface area contributed by atoms with Crippen molar-refractivity contribution in [2.45, 2.75) is 76.4 Å². The van der Waals surface area contributed by atoms with Gasteiger partial charge in [0.05, 0.1) is 6.10 Å². The van der Waals surface area contributed by atoms with Crippen LogP contribution in [0, 0.1) is 5.92 Å². The Balaban J connectivity index is 2.04. The SMILES string of the molecule is CCC1CCCCC1OC1(C(=O)O)CCCC1. The molecule has 1 N–H and O–H groups in total. The van der Waals surface area contributed by atoms with Crippen molar-refractivity contribution >= 4 is 5.97 Å². The van der Waals surface area contributed by atoms with Gasteiger partial charge >= 0.3 is 5.97 Å². The van der Waals surface area contributed by atoms with Crippen molar-refractivity contribution in [3.05, 3.63) is 0 Å². The van der Waals surface area contributed by atoms with Crippen LogP contribution in [0.4, 0.5) is 0 Å². The van der Waals surface area contributed by atoms with Crippen molar-refractivity contribution in [3.63, 3.8) is 0 Å². The van der Waals surface area contributed by atoms with Crippen LogP contribution in [0.15, 0.2) is 0 Å². The van der Waals surface area contributed by atoms with E-state index in [9.17, 15) is 9.90 Å². The van der Waals surface area contributed by atoms with Crippen molar-refractivity contribution in [2.75, 3.05) is 0 Å². The minimum absolute atomic E-state index is 0.183. The summed E-state index contributed by atoms with van der Waals surface area (Å²) < 4.78 is 6.11. The lowest BCUT2D eigenvalue weighted by molar-refractivity contribution is -0.180. The normalized spacial score (nSPS) is 32.5. The fourth-order valence-corrected chi connectivity index (χ4v) is 3.41. The zero-order chi connectivity index (χ0) is 12.3. The molecule has 2 fully saturated rings. The predicted molar refractivity (Wildman–Crippen MR) is 66.0 cm³/mol. The van der Waals surface area contributed by atoms with Gasteiger partial charge in [0.1, 0.15) is 0 Å². The van der Waals surface area contributed by atoms with Gasteiger partial charge in [-0.25, -0.2) is 4.79 Å². The number of hydrogen-bond donors (Lipinski definition) is 1. The van der Waals surface area contributed by atoms with Crippen LogP contribution in [0.5, 0.6) is 0 Å². The van der Waals surface area contributed by atoms with Gasteiger partial charge in [0.2, 0.25) is 0 Å². The highest BCUT2D eigenvalue weighted by molar-refractivity contribution is 5.77. The molecule has 17 heavy (non-hydrogen) atoms. The summed E-state index contributed by atoms with van der Waals surface area (Å²) in [5.74, 6) is -0.170. The van der Waals surface area contributed by atoms with E-state index in [4.69, 9.17) is 4.74 Å². The van der Waals surface area contributed by atoms with Gasteiger partial charge < -0.3 is 9.84 Å². The van der Waals surface area contributed by atoms with E-state index >= 15 is 0 Å². The third kappa shape index (κ3) is 2.65. The zero-order valence-corrected chi connectivity index (χ0v) is 10.8. The van der Waals surface area contributed by atoms with E-state index in [1.807, 2.05) is 0 Å². The van der Waals surface area contributed by atoms with Crippen LogP contribution < -0.4 is 0 Å². The molecule has 0 bridgehead atoms. The van der Waals surface area contributed by atoms with Crippen LogP contribution in [-0.2, 0) is 9.53 Å². The van der Waals surface area contributed by atoms with Gasteiger partial charge in [-0.05, 0) is 44.4 Å². The van der Waals surface area contributed by atoms with Crippen molar-refractivity contribution in [1.82, 2.24) is 0 Å². The topological polar surface area (TPSA) is 46.5 Å². The maximum absolute atomic E-state index is 11.5. The first-order valence-corrected chi connectivity index (χ1v) is 7.09. The number of ether oxygens (including phenoxy) is 1. The summed E-state index contributed by atoms with van der Waals surface area (Å²) in [6, 6.07) is 0. The maximum atomic E-state index is 11.5. The number of rotatable bonds is 4. The average Bonchev–Trinajstić information content (AvgIpc) is 2.80. The highest BCUT2D eigenvalue weighted by atomic mass is 16.5. The monoisotopic (exact) mass is 240 g/mol. The zero-order valence-electron chi connectivity index (χ0n) is 10.8. The Morgan fingerprint density at radius 1 is 1.24 bits per heavy atom. The van der Waals surface area contributed by atoms with E-state index in [0.717, 1.165) is 25.7 Å². The highest BCUT2D eigenvalue weighted by Gasteiger charge is 2.45. The van der Waals surface area contributed by atoms with Crippen LogP contribution in [0.1, 0.15) is 64.7 Å². The van der Waals surface area contributed by atoms with E-state index in [-0.39, 0.29) is 6.10 Å². The number of hydrogen-bond acceptors (Lipinski definition) is 2. The largest absolute Gasteiger partial charge is 0.479 e. The molecule has 0 aromatic rings. The third-order valence-electron chi connectivity index (χ3n) is 4.54. The van der Waals surface area contributed by atoms with E-state index in [1.54, 1.807) is 0 Å². The fraction of sp³-hybridized carbons (Fsp3) is 0.929. The molecule has 0 spiro atoms. The van der Waals surface area contributed by atoms with Crippen molar-refractivity contribution < 1.29 is 14.6 Å². The Hall–Kier alpha value is -0.570. The van der Waals surface area contributed by atoms with Gasteiger partial charge in [0.15, 0.2) is 5.60 Å². The Labute approximate surface area is 104 Å². The molecule has 0 aromatic carbocycles. The number of aliphatic carboxylic acids is 1. The molecule has 0 amide bonds. The molecule has 2 aliphatic carbocycles. The molecule has 0 aromatic heterocycles. The van der Waals surface area contributed by atoms with Gasteiger partial charge in [-0.15, -0.1) is 0 Å². The Morgan fingerprint density at radius 2 is 1.88 bits per heavy atom. The molecule has 3 nitrogen and oxygen atoms in total. The lowest BCUT2D eigenvalue weighted by Gasteiger charge is -2.37. The van der Waals surface area contributed by atoms with Gasteiger partial charge in [0, 0.05) is 0 Å². The minimum atomic E-state index is -0.852. The maximum Gasteiger partial charge on any atom is 0.335 e.